The van der Waals surface area contributed by atoms with Gasteiger partial charge in [0.25, 0.3) is 11.6 Å². The van der Waals surface area contributed by atoms with Crippen molar-refractivity contribution in [2.45, 2.75) is 13.0 Å². The number of halogens is 1. The highest BCUT2D eigenvalue weighted by molar-refractivity contribution is 7.10. The van der Waals surface area contributed by atoms with Crippen LogP contribution < -0.4 is 5.32 Å². The molecule has 152 valence electrons. The van der Waals surface area contributed by atoms with Crippen molar-refractivity contribution in [2.24, 2.45) is 0 Å². The van der Waals surface area contributed by atoms with Crippen molar-refractivity contribution < 1.29 is 14.5 Å². The molecule has 3 aromatic rings. The maximum Gasteiger partial charge on any atom is 0.288 e. The van der Waals surface area contributed by atoms with Gasteiger partial charge in [-0.2, -0.15) is 0 Å². The lowest BCUT2D eigenvalue weighted by atomic mass is 9.99. The molecule has 4 rings (SSSR count). The van der Waals surface area contributed by atoms with E-state index in [9.17, 15) is 19.7 Å². The fourth-order valence-corrected chi connectivity index (χ4v) is 4.56. The van der Waals surface area contributed by atoms with Gasteiger partial charge in [-0.05, 0) is 36.6 Å². The zero-order chi connectivity index (χ0) is 21.4. The molecule has 2 heterocycles. The molecule has 0 saturated carbocycles. The lowest BCUT2D eigenvalue weighted by molar-refractivity contribution is -0.384. The SMILES string of the molecule is Cc1ccc2c(c1)C(c1cccs1)N(C(=O)c1ccc(Cl)c([N+](=O)[O-])c1)CC(=O)N2. The molecule has 2 aromatic carbocycles. The van der Waals surface area contributed by atoms with Gasteiger partial charge in [-0.15, -0.1) is 11.3 Å². The number of nitrogens with one attached hydrogen (secondary N) is 1. The molecule has 0 spiro atoms. The Morgan fingerprint density at radius 2 is 2.07 bits per heavy atom. The van der Waals surface area contributed by atoms with Gasteiger partial charge in [0.2, 0.25) is 5.91 Å². The van der Waals surface area contributed by atoms with Gasteiger partial charge in [0.15, 0.2) is 0 Å². The molecule has 1 unspecified atom stereocenters. The first-order chi connectivity index (χ1) is 14.3. The summed E-state index contributed by atoms with van der Waals surface area (Å²) in [5.74, 6) is -0.825. The summed E-state index contributed by atoms with van der Waals surface area (Å²) in [5.41, 5.74) is 2.16. The van der Waals surface area contributed by atoms with E-state index in [2.05, 4.69) is 5.32 Å². The molecule has 1 atom stereocenters. The number of nitro benzene ring substituents is 1. The normalized spacial score (nSPS) is 15.9. The summed E-state index contributed by atoms with van der Waals surface area (Å²) < 4.78 is 0. The summed E-state index contributed by atoms with van der Waals surface area (Å²) in [6, 6.07) is 12.8. The van der Waals surface area contributed by atoms with Gasteiger partial charge >= 0.3 is 0 Å². The largest absolute Gasteiger partial charge is 0.324 e. The van der Waals surface area contributed by atoms with Gasteiger partial charge in [0, 0.05) is 27.8 Å². The summed E-state index contributed by atoms with van der Waals surface area (Å²) in [7, 11) is 0. The van der Waals surface area contributed by atoms with Gasteiger partial charge in [0.05, 0.1) is 11.0 Å². The molecule has 1 aromatic heterocycles. The molecular formula is C21H16ClN3O4S. The molecular weight excluding hydrogens is 426 g/mol. The number of hydrogen-bond acceptors (Lipinski definition) is 5. The Labute approximate surface area is 181 Å². The average molecular weight is 442 g/mol. The van der Waals surface area contributed by atoms with E-state index in [1.807, 2.05) is 42.6 Å². The number of anilines is 1. The summed E-state index contributed by atoms with van der Waals surface area (Å²) in [6.45, 7) is 1.75. The Morgan fingerprint density at radius 1 is 1.27 bits per heavy atom. The minimum atomic E-state index is -0.635. The minimum absolute atomic E-state index is 0.0547. The number of benzene rings is 2. The molecule has 30 heavy (non-hydrogen) atoms. The van der Waals surface area contributed by atoms with Crippen LogP contribution in [0.3, 0.4) is 0 Å². The zero-order valence-corrected chi connectivity index (χ0v) is 17.4. The van der Waals surface area contributed by atoms with Gasteiger partial charge in [-0.1, -0.05) is 35.4 Å². The third kappa shape index (κ3) is 3.67. The smallest absolute Gasteiger partial charge is 0.288 e. The van der Waals surface area contributed by atoms with Crippen LogP contribution in [-0.2, 0) is 4.79 Å². The molecule has 0 fully saturated rings. The van der Waals surface area contributed by atoms with Gasteiger partial charge in [0.1, 0.15) is 11.6 Å². The van der Waals surface area contributed by atoms with Crippen LogP contribution in [0.1, 0.15) is 32.4 Å². The number of carbonyl (C=O) groups excluding carboxylic acids is 2. The number of hydrogen-bond donors (Lipinski definition) is 1. The number of amides is 2. The molecule has 9 heteroatoms. The number of fused-ring (bicyclic) bond motifs is 1. The fraction of sp³-hybridized carbons (Fsp3) is 0.143. The van der Waals surface area contributed by atoms with E-state index in [0.29, 0.717) is 5.69 Å². The van der Waals surface area contributed by atoms with Crippen LogP contribution in [0, 0.1) is 17.0 Å². The Hall–Kier alpha value is -3.23. The summed E-state index contributed by atoms with van der Waals surface area (Å²) in [4.78, 5) is 39.0. The second kappa shape index (κ2) is 7.89. The van der Waals surface area contributed by atoms with Crippen LogP contribution in [0.4, 0.5) is 11.4 Å². The highest BCUT2D eigenvalue weighted by Gasteiger charge is 2.35. The third-order valence-electron chi connectivity index (χ3n) is 4.86. The molecule has 0 saturated heterocycles. The van der Waals surface area contributed by atoms with Gasteiger partial charge < -0.3 is 10.2 Å². The van der Waals surface area contributed by atoms with Crippen molar-refractivity contribution in [3.8, 4) is 0 Å². The van der Waals surface area contributed by atoms with Crippen molar-refractivity contribution in [1.29, 1.82) is 0 Å². The first kappa shape index (κ1) is 20.1. The van der Waals surface area contributed by atoms with Crippen molar-refractivity contribution in [3.05, 3.63) is 90.6 Å². The fourth-order valence-electron chi connectivity index (χ4n) is 3.52. The van der Waals surface area contributed by atoms with Crippen molar-refractivity contribution in [3.63, 3.8) is 0 Å². The number of nitro groups is 1. The molecule has 0 bridgehead atoms. The molecule has 1 aliphatic rings. The molecule has 0 aliphatic carbocycles. The van der Waals surface area contributed by atoms with Gasteiger partial charge in [-0.3, -0.25) is 19.7 Å². The van der Waals surface area contributed by atoms with E-state index in [1.165, 1.54) is 28.4 Å². The zero-order valence-electron chi connectivity index (χ0n) is 15.8. The second-order valence-electron chi connectivity index (χ2n) is 6.91. The first-order valence-electron chi connectivity index (χ1n) is 9.04. The number of aryl methyl sites for hydroxylation is 1. The van der Waals surface area contributed by atoms with Crippen molar-refractivity contribution in [1.82, 2.24) is 4.90 Å². The lowest BCUT2D eigenvalue weighted by Crippen LogP contribution is -2.38. The highest BCUT2D eigenvalue weighted by Crippen LogP contribution is 2.39. The first-order valence-corrected chi connectivity index (χ1v) is 10.3. The summed E-state index contributed by atoms with van der Waals surface area (Å²) >= 11 is 7.37. The molecule has 2 amide bonds. The van der Waals surface area contributed by atoms with E-state index in [1.54, 1.807) is 0 Å². The van der Waals surface area contributed by atoms with E-state index >= 15 is 0 Å². The van der Waals surface area contributed by atoms with E-state index in [-0.39, 0.29) is 28.7 Å². The molecule has 0 radical (unpaired) electrons. The minimum Gasteiger partial charge on any atom is -0.324 e. The van der Waals surface area contributed by atoms with Crippen LogP contribution in [-0.4, -0.2) is 28.2 Å². The van der Waals surface area contributed by atoms with E-state index in [0.717, 1.165) is 22.1 Å². The number of rotatable bonds is 3. The topological polar surface area (TPSA) is 92.6 Å². The molecule has 7 nitrogen and oxygen atoms in total. The average Bonchev–Trinajstić information content (AvgIpc) is 3.18. The van der Waals surface area contributed by atoms with Crippen LogP contribution in [0.15, 0.2) is 53.9 Å². The molecule has 1 N–H and O–H groups in total. The van der Waals surface area contributed by atoms with E-state index in [4.69, 9.17) is 11.6 Å². The van der Waals surface area contributed by atoms with E-state index < -0.39 is 16.9 Å². The monoisotopic (exact) mass is 441 g/mol. The summed E-state index contributed by atoms with van der Waals surface area (Å²) in [6.07, 6.45) is 0. The van der Waals surface area contributed by atoms with Crippen LogP contribution in [0.25, 0.3) is 0 Å². The maximum absolute atomic E-state index is 13.5. The lowest BCUT2D eigenvalue weighted by Gasteiger charge is -2.29. The Kier molecular flexibility index (Phi) is 5.27. The summed E-state index contributed by atoms with van der Waals surface area (Å²) in [5, 5.41) is 16.0. The van der Waals surface area contributed by atoms with Crippen LogP contribution in [0.5, 0.6) is 0 Å². The molecule has 1 aliphatic heterocycles. The number of nitrogens with zero attached hydrogens (tertiary/aromatic N) is 2. The van der Waals surface area contributed by atoms with Gasteiger partial charge in [-0.25, -0.2) is 0 Å². The number of thiophene rings is 1. The van der Waals surface area contributed by atoms with Crippen molar-refractivity contribution >= 4 is 46.1 Å². The highest BCUT2D eigenvalue weighted by atomic mass is 35.5. The van der Waals surface area contributed by atoms with Crippen molar-refractivity contribution in [2.75, 3.05) is 11.9 Å². The maximum atomic E-state index is 13.5. The van der Waals surface area contributed by atoms with Crippen LogP contribution >= 0.6 is 22.9 Å². The second-order valence-corrected chi connectivity index (χ2v) is 8.30. The third-order valence-corrected chi connectivity index (χ3v) is 6.11. The Morgan fingerprint density at radius 3 is 2.77 bits per heavy atom. The number of carbonyl (C=O) groups is 2. The van der Waals surface area contributed by atoms with Crippen LogP contribution in [0.2, 0.25) is 5.02 Å². The predicted molar refractivity (Wildman–Crippen MR) is 115 cm³/mol. The standard InChI is InChI=1S/C21H16ClN3O4S/c1-12-4-7-16-14(9-12)20(18-3-2-8-30-18)24(11-19(26)23-16)21(27)13-5-6-15(22)17(10-13)25(28)29/h2-10,20H,11H2,1H3,(H,23,26). The quantitative estimate of drug-likeness (QED) is 0.466. The Balaban J connectivity index is 1.86. The predicted octanol–water partition coefficient (Wildman–Crippen LogP) is 4.80. The Bertz CT molecular complexity index is 1160.